The fourth-order valence-corrected chi connectivity index (χ4v) is 3.50. The van der Waals surface area contributed by atoms with Gasteiger partial charge in [0.15, 0.2) is 5.96 Å². The summed E-state index contributed by atoms with van der Waals surface area (Å²) < 4.78 is 30.6. The minimum atomic E-state index is -3.24. The van der Waals surface area contributed by atoms with Crippen molar-refractivity contribution in [3.63, 3.8) is 0 Å². The number of nitrogens with zero attached hydrogens (tertiary/aromatic N) is 2. The molecule has 1 rings (SSSR count). The van der Waals surface area contributed by atoms with Crippen LogP contribution in [0.2, 0.25) is 0 Å². The summed E-state index contributed by atoms with van der Waals surface area (Å²) in [7, 11) is 0.465. The van der Waals surface area contributed by atoms with E-state index in [1.807, 2.05) is 20.9 Å². The molecule has 0 spiro atoms. The van der Waals surface area contributed by atoms with Gasteiger partial charge in [-0.15, -0.1) is 24.0 Å². The fraction of sp³-hybridized carbons (Fsp3) is 0.923. The van der Waals surface area contributed by atoms with E-state index in [0.717, 1.165) is 38.4 Å². The summed E-state index contributed by atoms with van der Waals surface area (Å²) in [6.45, 7) is 6.62. The third kappa shape index (κ3) is 8.49. The quantitative estimate of drug-likeness (QED) is 0.351. The lowest BCUT2D eigenvalue weighted by molar-refractivity contribution is 0.181. The normalized spacial score (nSPS) is 19.7. The number of sulfonamides is 1. The zero-order chi connectivity index (χ0) is 16.1. The average Bonchev–Trinajstić information content (AvgIpc) is 2.79. The van der Waals surface area contributed by atoms with Crippen molar-refractivity contribution in [2.75, 3.05) is 46.7 Å². The van der Waals surface area contributed by atoms with E-state index in [1.165, 1.54) is 0 Å². The van der Waals surface area contributed by atoms with Gasteiger partial charge in [-0.25, -0.2) is 13.1 Å². The summed E-state index contributed by atoms with van der Waals surface area (Å²) in [5.74, 6) is 1.28. The molecule has 1 aliphatic rings. The molecule has 0 bridgehead atoms. The second-order valence-electron chi connectivity index (χ2n) is 6.27. The number of hydrogen-bond donors (Lipinski definition) is 2. The van der Waals surface area contributed by atoms with E-state index >= 15 is 0 Å². The molecule has 0 saturated carbocycles. The maximum Gasteiger partial charge on any atom is 0.209 e. The highest BCUT2D eigenvalue weighted by molar-refractivity contribution is 14.0. The molecular formula is C13H29IN4O3S. The van der Waals surface area contributed by atoms with Crippen LogP contribution in [0.4, 0.5) is 0 Å². The third-order valence-corrected chi connectivity index (χ3v) is 4.20. The largest absolute Gasteiger partial charge is 0.381 e. The highest BCUT2D eigenvalue weighted by Crippen LogP contribution is 2.13. The Bertz CT molecular complexity index is 462. The molecule has 9 heteroatoms. The average molecular weight is 448 g/mol. The minimum Gasteiger partial charge on any atom is -0.381 e. The van der Waals surface area contributed by atoms with E-state index < -0.39 is 15.6 Å². The minimum absolute atomic E-state index is 0. The molecule has 0 aliphatic carbocycles. The van der Waals surface area contributed by atoms with Crippen molar-refractivity contribution in [1.82, 2.24) is 14.9 Å². The highest BCUT2D eigenvalue weighted by atomic mass is 127. The SMILES string of the molecule is CN=C(NCC(C)(C)NS(C)(=O)=O)N(C)CC1CCOC1.I. The third-order valence-electron chi connectivity index (χ3n) is 3.28. The van der Waals surface area contributed by atoms with Gasteiger partial charge in [-0.2, -0.15) is 0 Å². The first-order valence-corrected chi connectivity index (χ1v) is 9.00. The van der Waals surface area contributed by atoms with Crippen LogP contribution < -0.4 is 10.0 Å². The predicted molar refractivity (Wildman–Crippen MR) is 100 cm³/mol. The topological polar surface area (TPSA) is 83.0 Å². The van der Waals surface area contributed by atoms with Crippen LogP contribution in [0.1, 0.15) is 20.3 Å². The monoisotopic (exact) mass is 448 g/mol. The zero-order valence-corrected chi connectivity index (χ0v) is 17.2. The number of halogens is 1. The molecule has 0 radical (unpaired) electrons. The molecule has 132 valence electrons. The molecule has 1 heterocycles. The van der Waals surface area contributed by atoms with Gasteiger partial charge in [0.2, 0.25) is 10.0 Å². The Kier molecular flexibility index (Phi) is 9.18. The molecule has 0 aromatic carbocycles. The Morgan fingerprint density at radius 1 is 1.45 bits per heavy atom. The van der Waals surface area contributed by atoms with Crippen LogP contribution in [-0.4, -0.2) is 71.5 Å². The van der Waals surface area contributed by atoms with Gasteiger partial charge >= 0.3 is 0 Å². The van der Waals surface area contributed by atoms with Gasteiger partial charge in [0.1, 0.15) is 0 Å². The summed E-state index contributed by atoms with van der Waals surface area (Å²) in [4.78, 5) is 6.29. The Hall–Kier alpha value is -0.130. The molecule has 0 aromatic rings. The van der Waals surface area contributed by atoms with Gasteiger partial charge in [0.25, 0.3) is 0 Å². The molecule has 0 amide bonds. The van der Waals surface area contributed by atoms with Crippen LogP contribution in [0.3, 0.4) is 0 Å². The number of ether oxygens (including phenoxy) is 1. The highest BCUT2D eigenvalue weighted by Gasteiger charge is 2.24. The van der Waals surface area contributed by atoms with Crippen LogP contribution in [0, 0.1) is 5.92 Å². The lowest BCUT2D eigenvalue weighted by Gasteiger charge is -2.29. The van der Waals surface area contributed by atoms with Gasteiger partial charge in [-0.05, 0) is 20.3 Å². The standard InChI is InChI=1S/C13H28N4O3S.HI/c1-13(2,16-21(5,18)19)10-15-12(14-3)17(4)8-11-6-7-20-9-11;/h11,16H,6-10H2,1-5H3,(H,14,15);1H. The Labute approximate surface area is 151 Å². The summed E-state index contributed by atoms with van der Waals surface area (Å²) in [5.41, 5.74) is -0.583. The van der Waals surface area contributed by atoms with Crippen LogP contribution in [0.5, 0.6) is 0 Å². The van der Waals surface area contributed by atoms with Crippen molar-refractivity contribution in [1.29, 1.82) is 0 Å². The number of aliphatic imine (C=N–C) groups is 1. The van der Waals surface area contributed by atoms with Gasteiger partial charge in [-0.1, -0.05) is 0 Å². The van der Waals surface area contributed by atoms with Crippen LogP contribution >= 0.6 is 24.0 Å². The van der Waals surface area contributed by atoms with E-state index in [1.54, 1.807) is 7.05 Å². The first kappa shape index (κ1) is 21.9. The van der Waals surface area contributed by atoms with E-state index in [2.05, 4.69) is 19.9 Å². The summed E-state index contributed by atoms with van der Waals surface area (Å²) in [5, 5.41) is 3.21. The van der Waals surface area contributed by atoms with Crippen molar-refractivity contribution in [2.45, 2.75) is 25.8 Å². The number of nitrogens with one attached hydrogen (secondary N) is 2. The molecule has 22 heavy (non-hydrogen) atoms. The predicted octanol–water partition coefficient (Wildman–Crippen LogP) is 0.476. The van der Waals surface area contributed by atoms with E-state index in [4.69, 9.17) is 4.74 Å². The molecule has 1 aliphatic heterocycles. The van der Waals surface area contributed by atoms with E-state index in [9.17, 15) is 8.42 Å². The fourth-order valence-electron chi connectivity index (χ4n) is 2.42. The lowest BCUT2D eigenvalue weighted by atomic mass is 10.1. The van der Waals surface area contributed by atoms with Crippen molar-refractivity contribution in [3.8, 4) is 0 Å². The van der Waals surface area contributed by atoms with E-state index in [0.29, 0.717) is 12.5 Å². The van der Waals surface area contributed by atoms with Gasteiger partial charge in [0, 0.05) is 45.2 Å². The molecule has 1 fully saturated rings. The van der Waals surface area contributed by atoms with Crippen molar-refractivity contribution >= 4 is 40.0 Å². The van der Waals surface area contributed by atoms with Crippen LogP contribution in [0.25, 0.3) is 0 Å². The summed E-state index contributed by atoms with van der Waals surface area (Å²) in [6.07, 6.45) is 2.23. The molecule has 1 unspecified atom stereocenters. The van der Waals surface area contributed by atoms with Crippen molar-refractivity contribution in [2.24, 2.45) is 10.9 Å². The first-order chi connectivity index (χ1) is 9.63. The van der Waals surface area contributed by atoms with Crippen molar-refractivity contribution in [3.05, 3.63) is 0 Å². The maximum absolute atomic E-state index is 11.3. The van der Waals surface area contributed by atoms with Crippen molar-refractivity contribution < 1.29 is 13.2 Å². The first-order valence-electron chi connectivity index (χ1n) is 7.11. The zero-order valence-electron chi connectivity index (χ0n) is 14.0. The second-order valence-corrected chi connectivity index (χ2v) is 8.02. The number of hydrogen-bond acceptors (Lipinski definition) is 4. The second kappa shape index (κ2) is 9.24. The molecule has 1 saturated heterocycles. The number of rotatable bonds is 6. The lowest BCUT2D eigenvalue weighted by Crippen LogP contribution is -2.53. The van der Waals surface area contributed by atoms with Gasteiger partial charge < -0.3 is 15.0 Å². The van der Waals surface area contributed by atoms with Gasteiger partial charge in [-0.3, -0.25) is 4.99 Å². The maximum atomic E-state index is 11.3. The molecule has 0 aromatic heterocycles. The summed E-state index contributed by atoms with van der Waals surface area (Å²) in [6, 6.07) is 0. The molecule has 1 atom stereocenters. The summed E-state index contributed by atoms with van der Waals surface area (Å²) >= 11 is 0. The van der Waals surface area contributed by atoms with E-state index in [-0.39, 0.29) is 24.0 Å². The Morgan fingerprint density at radius 2 is 2.09 bits per heavy atom. The molecule has 2 N–H and O–H groups in total. The van der Waals surface area contributed by atoms with Gasteiger partial charge in [0.05, 0.1) is 12.9 Å². The number of guanidine groups is 1. The Balaban J connectivity index is 0.00000441. The molecular weight excluding hydrogens is 419 g/mol. The molecule has 7 nitrogen and oxygen atoms in total. The van der Waals surface area contributed by atoms with Crippen LogP contribution in [-0.2, 0) is 14.8 Å². The smallest absolute Gasteiger partial charge is 0.209 e. The Morgan fingerprint density at radius 3 is 2.55 bits per heavy atom. The van der Waals surface area contributed by atoms with Crippen LogP contribution in [0.15, 0.2) is 4.99 Å².